The van der Waals surface area contributed by atoms with Crippen molar-refractivity contribution in [2.45, 2.75) is 26.8 Å². The molecule has 0 bridgehead atoms. The largest absolute Gasteiger partial charge is 0.351 e. The molecule has 26 heavy (non-hydrogen) atoms. The zero-order valence-corrected chi connectivity index (χ0v) is 18.4. The number of nitrogens with zero attached hydrogens (tertiary/aromatic N) is 3. The Kier molecular flexibility index (Phi) is 7.39. The van der Waals surface area contributed by atoms with Gasteiger partial charge in [0, 0.05) is 24.2 Å². The molecule has 0 aliphatic carbocycles. The average Bonchev–Trinajstić information content (AvgIpc) is 3.17. The molecule has 0 saturated carbocycles. The quantitative estimate of drug-likeness (QED) is 0.397. The molecule has 8 heteroatoms. The molecule has 0 unspecified atom stereocenters. The molecule has 0 saturated heterocycles. The first kappa shape index (κ1) is 20.6. The molecular formula is C18H24IN5OS. The molecule has 1 aliphatic heterocycles. The van der Waals surface area contributed by atoms with E-state index < -0.39 is 0 Å². The fourth-order valence-electron chi connectivity index (χ4n) is 2.97. The van der Waals surface area contributed by atoms with E-state index in [1.165, 1.54) is 10.4 Å². The number of carbonyl (C=O) groups excluding carboxylic acids is 1. The molecule has 6 nitrogen and oxygen atoms in total. The number of amides is 1. The highest BCUT2D eigenvalue weighted by Gasteiger charge is 2.23. The van der Waals surface area contributed by atoms with Crippen molar-refractivity contribution in [1.82, 2.24) is 15.6 Å². The molecule has 0 fully saturated rings. The number of thiazole rings is 1. The van der Waals surface area contributed by atoms with Crippen LogP contribution in [0.4, 0.5) is 5.69 Å². The zero-order chi connectivity index (χ0) is 17.8. The number of fused-ring (bicyclic) bond motifs is 1. The lowest BCUT2D eigenvalue weighted by atomic mass is 10.2. The van der Waals surface area contributed by atoms with E-state index in [2.05, 4.69) is 26.7 Å². The van der Waals surface area contributed by atoms with Gasteiger partial charge in [0.1, 0.15) is 0 Å². The summed E-state index contributed by atoms with van der Waals surface area (Å²) >= 11 is 1.67. The van der Waals surface area contributed by atoms with Crippen LogP contribution in [-0.4, -0.2) is 37.0 Å². The van der Waals surface area contributed by atoms with E-state index in [4.69, 9.17) is 0 Å². The van der Waals surface area contributed by atoms with Crippen molar-refractivity contribution in [3.05, 3.63) is 45.4 Å². The van der Waals surface area contributed by atoms with Gasteiger partial charge < -0.3 is 15.5 Å². The van der Waals surface area contributed by atoms with E-state index in [-0.39, 0.29) is 36.4 Å². The summed E-state index contributed by atoms with van der Waals surface area (Å²) in [5.74, 6) is 0.670. The predicted molar refractivity (Wildman–Crippen MR) is 118 cm³/mol. The van der Waals surface area contributed by atoms with E-state index in [0.29, 0.717) is 12.5 Å². The topological polar surface area (TPSA) is 69.6 Å². The molecule has 2 aromatic rings. The molecule has 2 heterocycles. The SMILES string of the molecule is CN=C(NCC(=O)N1CCc2ccccc21)NCc1sc(C)nc1C.I. The monoisotopic (exact) mass is 485 g/mol. The Morgan fingerprint density at radius 3 is 2.77 bits per heavy atom. The van der Waals surface area contributed by atoms with Gasteiger partial charge in [-0.1, -0.05) is 18.2 Å². The number of carbonyl (C=O) groups is 1. The highest BCUT2D eigenvalue weighted by Crippen LogP contribution is 2.27. The number of rotatable bonds is 4. The Morgan fingerprint density at radius 1 is 1.31 bits per heavy atom. The van der Waals surface area contributed by atoms with Crippen LogP contribution in [0.3, 0.4) is 0 Å². The number of benzene rings is 1. The number of aromatic nitrogens is 1. The second-order valence-electron chi connectivity index (χ2n) is 5.94. The standard InChI is InChI=1S/C18H23N5OS.HI/c1-12-16(25-13(2)22-12)10-20-18(19-3)21-11-17(24)23-9-8-14-6-4-5-7-15(14)23;/h4-7H,8-11H2,1-3H3,(H2,19,20,21);1H. The Hall–Kier alpha value is -1.68. The van der Waals surface area contributed by atoms with E-state index >= 15 is 0 Å². The number of anilines is 1. The molecule has 140 valence electrons. The van der Waals surface area contributed by atoms with Crippen LogP contribution >= 0.6 is 35.3 Å². The van der Waals surface area contributed by atoms with Crippen LogP contribution in [-0.2, 0) is 17.8 Å². The van der Waals surface area contributed by atoms with Gasteiger partial charge in [-0.25, -0.2) is 4.98 Å². The minimum Gasteiger partial charge on any atom is -0.351 e. The molecule has 0 atom stereocenters. The minimum absolute atomic E-state index is 0. The summed E-state index contributed by atoms with van der Waals surface area (Å²) < 4.78 is 0. The maximum Gasteiger partial charge on any atom is 0.246 e. The number of aryl methyl sites for hydroxylation is 2. The Bertz CT molecular complexity index is 805. The summed E-state index contributed by atoms with van der Waals surface area (Å²) in [6, 6.07) is 8.07. The first-order valence-corrected chi connectivity index (χ1v) is 9.16. The van der Waals surface area contributed by atoms with Crippen molar-refractivity contribution in [3.63, 3.8) is 0 Å². The molecule has 1 aliphatic rings. The predicted octanol–water partition coefficient (Wildman–Crippen LogP) is 2.63. The summed E-state index contributed by atoms with van der Waals surface area (Å²) in [4.78, 5) is 24.2. The molecule has 3 rings (SSSR count). The van der Waals surface area contributed by atoms with Gasteiger partial charge in [-0.05, 0) is 31.9 Å². The number of nitrogens with one attached hydrogen (secondary N) is 2. The maximum atomic E-state index is 12.5. The van der Waals surface area contributed by atoms with Gasteiger partial charge in [0.2, 0.25) is 5.91 Å². The third-order valence-electron chi connectivity index (χ3n) is 4.23. The average molecular weight is 485 g/mol. The second-order valence-corrected chi connectivity index (χ2v) is 7.23. The molecule has 1 aromatic heterocycles. The van der Waals surface area contributed by atoms with E-state index in [1.54, 1.807) is 18.4 Å². The van der Waals surface area contributed by atoms with Crippen molar-refractivity contribution in [2.24, 2.45) is 4.99 Å². The van der Waals surface area contributed by atoms with Crippen LogP contribution in [0.5, 0.6) is 0 Å². The normalized spacial score (nSPS) is 13.2. The van der Waals surface area contributed by atoms with Crippen molar-refractivity contribution in [3.8, 4) is 0 Å². The van der Waals surface area contributed by atoms with Crippen LogP contribution in [0.2, 0.25) is 0 Å². The van der Waals surface area contributed by atoms with Gasteiger partial charge in [0.25, 0.3) is 0 Å². The second kappa shape index (κ2) is 9.31. The van der Waals surface area contributed by atoms with E-state index in [1.807, 2.05) is 36.9 Å². The molecule has 1 aromatic carbocycles. The third-order valence-corrected chi connectivity index (χ3v) is 5.31. The van der Waals surface area contributed by atoms with Crippen molar-refractivity contribution < 1.29 is 4.79 Å². The number of para-hydroxylation sites is 1. The Morgan fingerprint density at radius 2 is 2.08 bits per heavy atom. The van der Waals surface area contributed by atoms with E-state index in [0.717, 1.165) is 29.4 Å². The van der Waals surface area contributed by atoms with Crippen LogP contribution in [0, 0.1) is 13.8 Å². The van der Waals surface area contributed by atoms with Gasteiger partial charge in [-0.3, -0.25) is 9.79 Å². The molecular weight excluding hydrogens is 461 g/mol. The van der Waals surface area contributed by atoms with Gasteiger partial charge in [0.05, 0.1) is 23.8 Å². The van der Waals surface area contributed by atoms with Gasteiger partial charge in [0.15, 0.2) is 5.96 Å². The first-order valence-electron chi connectivity index (χ1n) is 8.34. The third kappa shape index (κ3) is 4.73. The van der Waals surface area contributed by atoms with Gasteiger partial charge in [-0.15, -0.1) is 35.3 Å². The number of guanidine groups is 1. The lowest BCUT2D eigenvalue weighted by molar-refractivity contribution is -0.117. The maximum absolute atomic E-state index is 12.5. The summed E-state index contributed by atoms with van der Waals surface area (Å²) in [5, 5.41) is 7.40. The van der Waals surface area contributed by atoms with Crippen LogP contribution in [0.25, 0.3) is 0 Å². The number of hydrogen-bond donors (Lipinski definition) is 2. The summed E-state index contributed by atoms with van der Waals surface area (Å²) in [6.45, 7) is 5.61. The molecule has 0 spiro atoms. The van der Waals surface area contributed by atoms with Crippen LogP contribution in [0.15, 0.2) is 29.3 Å². The number of hydrogen-bond acceptors (Lipinski definition) is 4. The Balaban J connectivity index is 0.00000243. The molecule has 0 radical (unpaired) electrons. The number of aliphatic imine (C=N–C) groups is 1. The smallest absolute Gasteiger partial charge is 0.246 e. The van der Waals surface area contributed by atoms with Gasteiger partial charge >= 0.3 is 0 Å². The van der Waals surface area contributed by atoms with Gasteiger partial charge in [-0.2, -0.15) is 0 Å². The number of halogens is 1. The zero-order valence-electron chi connectivity index (χ0n) is 15.2. The van der Waals surface area contributed by atoms with Crippen molar-refractivity contribution in [2.75, 3.05) is 25.0 Å². The highest BCUT2D eigenvalue weighted by molar-refractivity contribution is 14.0. The minimum atomic E-state index is 0. The fraction of sp³-hybridized carbons (Fsp3) is 0.389. The van der Waals surface area contributed by atoms with Crippen LogP contribution < -0.4 is 15.5 Å². The Labute approximate surface area is 175 Å². The molecule has 2 N–H and O–H groups in total. The first-order chi connectivity index (χ1) is 12.1. The van der Waals surface area contributed by atoms with Crippen molar-refractivity contribution in [1.29, 1.82) is 0 Å². The summed E-state index contributed by atoms with van der Waals surface area (Å²) in [5.41, 5.74) is 3.29. The lowest BCUT2D eigenvalue weighted by Gasteiger charge is -2.18. The fourth-order valence-corrected chi connectivity index (χ4v) is 3.85. The molecule has 1 amide bonds. The summed E-state index contributed by atoms with van der Waals surface area (Å²) in [7, 11) is 1.70. The lowest BCUT2D eigenvalue weighted by Crippen LogP contribution is -2.44. The van der Waals surface area contributed by atoms with Crippen LogP contribution in [0.1, 0.15) is 21.1 Å². The summed E-state index contributed by atoms with van der Waals surface area (Å²) in [6.07, 6.45) is 0.916. The van der Waals surface area contributed by atoms with E-state index in [9.17, 15) is 4.79 Å². The highest BCUT2D eigenvalue weighted by atomic mass is 127. The van der Waals surface area contributed by atoms with Crippen molar-refractivity contribution >= 4 is 52.9 Å².